The highest BCUT2D eigenvalue weighted by Crippen LogP contribution is 2.23. The molecule has 0 atom stereocenters. The molecule has 31 heavy (non-hydrogen) atoms. The lowest BCUT2D eigenvalue weighted by atomic mass is 10.0. The number of carbonyl (C=O) groups excluding carboxylic acids is 1. The second-order valence-electron chi connectivity index (χ2n) is 7.74. The van der Waals surface area contributed by atoms with Crippen LogP contribution in [-0.2, 0) is 11.3 Å². The number of nitrogen functional groups attached to an aromatic ring is 1. The zero-order valence-electron chi connectivity index (χ0n) is 17.7. The maximum absolute atomic E-state index is 12.9. The molecular weight excluding hydrogens is 408 g/mol. The average molecular weight is 435 g/mol. The van der Waals surface area contributed by atoms with Crippen LogP contribution in [0.4, 0.5) is 11.4 Å². The number of hydrogen-bond acceptors (Lipinski definition) is 3. The number of carbonyl (C=O) groups is 1. The van der Waals surface area contributed by atoms with Crippen LogP contribution in [0.3, 0.4) is 0 Å². The van der Waals surface area contributed by atoms with Crippen LogP contribution < -0.4 is 16.0 Å². The number of nitrogens with one attached hydrogen (secondary N) is 2. The number of hydrogen-bond donors (Lipinski definition) is 3. The lowest BCUT2D eigenvalue weighted by Gasteiger charge is -2.25. The molecule has 0 aliphatic carbocycles. The van der Waals surface area contributed by atoms with E-state index in [0.29, 0.717) is 23.0 Å². The quantitative estimate of drug-likeness (QED) is 0.328. The van der Waals surface area contributed by atoms with Crippen molar-refractivity contribution in [2.75, 3.05) is 16.8 Å². The van der Waals surface area contributed by atoms with E-state index in [1.165, 1.54) is 5.56 Å². The highest BCUT2D eigenvalue weighted by molar-refractivity contribution is 6.31. The van der Waals surface area contributed by atoms with Gasteiger partial charge in [0.25, 0.3) is 0 Å². The Morgan fingerprint density at radius 1 is 1.06 bits per heavy atom. The zero-order valence-corrected chi connectivity index (χ0v) is 18.5. The van der Waals surface area contributed by atoms with Gasteiger partial charge in [0.1, 0.15) is 5.84 Å². The molecule has 0 aliphatic rings. The topological polar surface area (TPSA) is 82.2 Å². The number of nitrogens with zero attached hydrogens (tertiary/aromatic N) is 1. The molecule has 3 aromatic rings. The molecule has 0 saturated carbocycles. The second-order valence-corrected chi connectivity index (χ2v) is 8.14. The van der Waals surface area contributed by atoms with Gasteiger partial charge in [-0.2, -0.15) is 0 Å². The third kappa shape index (κ3) is 6.09. The number of benzene rings is 3. The fourth-order valence-corrected chi connectivity index (χ4v) is 3.46. The first-order valence-electron chi connectivity index (χ1n) is 10.2. The van der Waals surface area contributed by atoms with E-state index in [9.17, 15) is 4.79 Å². The standard InChI is InChI=1S/C25H27ClN4O/c1-17(2)18-10-12-21(13-11-18)29-24(31)16-30(15-20-6-3-4-9-23(20)26)22-8-5-7-19(14-22)25(27)28/h3-14,17H,15-16H2,1-2H3,(H3,27,28)(H,29,31). The van der Waals surface area contributed by atoms with Crippen molar-refractivity contribution < 1.29 is 4.79 Å². The molecule has 3 rings (SSSR count). The summed E-state index contributed by atoms with van der Waals surface area (Å²) in [6, 6.07) is 22.8. The van der Waals surface area contributed by atoms with Gasteiger partial charge >= 0.3 is 0 Å². The van der Waals surface area contributed by atoms with Crippen molar-refractivity contribution in [3.63, 3.8) is 0 Å². The molecule has 3 aromatic carbocycles. The van der Waals surface area contributed by atoms with Gasteiger partial charge < -0.3 is 16.0 Å². The third-order valence-corrected chi connectivity index (χ3v) is 5.41. The second kappa shape index (κ2) is 10.1. The van der Waals surface area contributed by atoms with Gasteiger partial charge in [-0.15, -0.1) is 0 Å². The third-order valence-electron chi connectivity index (χ3n) is 5.04. The summed E-state index contributed by atoms with van der Waals surface area (Å²) in [7, 11) is 0. The molecule has 5 nitrogen and oxygen atoms in total. The van der Waals surface area contributed by atoms with Crippen molar-refractivity contribution >= 4 is 34.7 Å². The smallest absolute Gasteiger partial charge is 0.243 e. The Bertz CT molecular complexity index is 1060. The van der Waals surface area contributed by atoms with Gasteiger partial charge in [-0.05, 0) is 47.4 Å². The number of amides is 1. The number of halogens is 1. The fraction of sp³-hybridized carbons (Fsp3) is 0.200. The van der Waals surface area contributed by atoms with Crippen LogP contribution in [0.5, 0.6) is 0 Å². The van der Waals surface area contributed by atoms with Crippen LogP contribution in [0.2, 0.25) is 5.02 Å². The molecule has 4 N–H and O–H groups in total. The molecule has 160 valence electrons. The van der Waals surface area contributed by atoms with Gasteiger partial charge in [0.15, 0.2) is 0 Å². The van der Waals surface area contributed by atoms with Gasteiger partial charge in [-0.25, -0.2) is 0 Å². The first kappa shape index (κ1) is 22.4. The van der Waals surface area contributed by atoms with Crippen LogP contribution in [-0.4, -0.2) is 18.3 Å². The first-order chi connectivity index (χ1) is 14.8. The Balaban J connectivity index is 1.82. The molecule has 0 aliphatic heterocycles. The molecule has 6 heteroatoms. The summed E-state index contributed by atoms with van der Waals surface area (Å²) in [5, 5.41) is 11.3. The number of amidine groups is 1. The molecule has 0 bridgehead atoms. The minimum atomic E-state index is -0.141. The average Bonchev–Trinajstić information content (AvgIpc) is 2.75. The minimum absolute atomic E-state index is 0.0192. The van der Waals surface area contributed by atoms with Gasteiger partial charge in [0, 0.05) is 28.5 Å². The van der Waals surface area contributed by atoms with Gasteiger partial charge in [0.2, 0.25) is 5.91 Å². The number of anilines is 2. The van der Waals surface area contributed by atoms with E-state index in [-0.39, 0.29) is 18.3 Å². The first-order valence-corrected chi connectivity index (χ1v) is 10.5. The van der Waals surface area contributed by atoms with Crippen LogP contribution >= 0.6 is 11.6 Å². The summed E-state index contributed by atoms with van der Waals surface area (Å²) >= 11 is 6.36. The van der Waals surface area contributed by atoms with E-state index in [2.05, 4.69) is 19.2 Å². The monoisotopic (exact) mass is 434 g/mol. The van der Waals surface area contributed by atoms with Crippen LogP contribution in [0.1, 0.15) is 36.5 Å². The van der Waals surface area contributed by atoms with E-state index in [1.54, 1.807) is 6.07 Å². The summed E-state index contributed by atoms with van der Waals surface area (Å²) in [5.41, 5.74) is 9.94. The van der Waals surface area contributed by atoms with Gasteiger partial charge in [-0.3, -0.25) is 10.2 Å². The molecular formula is C25H27ClN4O. The predicted molar refractivity (Wildman–Crippen MR) is 129 cm³/mol. The Kier molecular flexibility index (Phi) is 7.32. The lowest BCUT2D eigenvalue weighted by molar-refractivity contribution is -0.115. The minimum Gasteiger partial charge on any atom is -0.384 e. The van der Waals surface area contributed by atoms with E-state index in [4.69, 9.17) is 22.7 Å². The van der Waals surface area contributed by atoms with E-state index >= 15 is 0 Å². The zero-order chi connectivity index (χ0) is 22.4. The van der Waals surface area contributed by atoms with Crippen LogP contribution in [0.15, 0.2) is 72.8 Å². The summed E-state index contributed by atoms with van der Waals surface area (Å²) in [5.74, 6) is 0.274. The normalized spacial score (nSPS) is 10.7. The summed E-state index contributed by atoms with van der Waals surface area (Å²) in [6.07, 6.45) is 0. The largest absolute Gasteiger partial charge is 0.384 e. The van der Waals surface area contributed by atoms with Crippen molar-refractivity contribution in [2.45, 2.75) is 26.3 Å². The lowest BCUT2D eigenvalue weighted by Crippen LogP contribution is -2.33. The molecule has 1 amide bonds. The van der Waals surface area contributed by atoms with Crippen molar-refractivity contribution in [3.8, 4) is 0 Å². The van der Waals surface area contributed by atoms with Crippen molar-refractivity contribution in [2.24, 2.45) is 5.73 Å². The maximum atomic E-state index is 12.9. The molecule has 0 saturated heterocycles. The molecule has 0 spiro atoms. The van der Waals surface area contributed by atoms with Crippen LogP contribution in [0.25, 0.3) is 0 Å². The summed E-state index contributed by atoms with van der Waals surface area (Å²) in [4.78, 5) is 14.8. The Hall–Kier alpha value is -3.31. The SMILES string of the molecule is CC(C)c1ccc(NC(=O)CN(Cc2ccccc2Cl)c2cccc(C(=N)N)c2)cc1. The number of nitrogens with two attached hydrogens (primary N) is 1. The fourth-order valence-electron chi connectivity index (χ4n) is 3.27. The van der Waals surface area contributed by atoms with Crippen LogP contribution in [0, 0.1) is 5.41 Å². The van der Waals surface area contributed by atoms with Crippen molar-refractivity contribution in [3.05, 3.63) is 94.5 Å². The molecule has 0 heterocycles. The molecule has 0 radical (unpaired) electrons. The van der Waals surface area contributed by atoms with Crippen molar-refractivity contribution in [1.82, 2.24) is 0 Å². The van der Waals surface area contributed by atoms with Crippen molar-refractivity contribution in [1.29, 1.82) is 5.41 Å². The highest BCUT2D eigenvalue weighted by Gasteiger charge is 2.15. The van der Waals surface area contributed by atoms with Gasteiger partial charge in [0.05, 0.1) is 6.54 Å². The predicted octanol–water partition coefficient (Wildman–Crippen LogP) is 5.39. The Morgan fingerprint density at radius 3 is 2.42 bits per heavy atom. The van der Waals surface area contributed by atoms with E-state index in [1.807, 2.05) is 71.6 Å². The van der Waals surface area contributed by atoms with E-state index in [0.717, 1.165) is 16.9 Å². The summed E-state index contributed by atoms with van der Waals surface area (Å²) < 4.78 is 0. The molecule has 0 fully saturated rings. The summed E-state index contributed by atoms with van der Waals surface area (Å²) in [6.45, 7) is 4.84. The Morgan fingerprint density at radius 2 is 1.77 bits per heavy atom. The Labute approximate surface area is 188 Å². The molecule has 0 unspecified atom stereocenters. The van der Waals surface area contributed by atoms with E-state index < -0.39 is 0 Å². The molecule has 0 aromatic heterocycles. The highest BCUT2D eigenvalue weighted by atomic mass is 35.5. The number of rotatable bonds is 8. The maximum Gasteiger partial charge on any atom is 0.243 e. The van der Waals surface area contributed by atoms with Gasteiger partial charge in [-0.1, -0.05) is 67.9 Å².